The molecule has 1 heterocycles. The third-order valence-corrected chi connectivity index (χ3v) is 3.54. The van der Waals surface area contributed by atoms with Crippen molar-refractivity contribution in [2.75, 3.05) is 7.05 Å². The molecule has 3 rings (SSSR count). The van der Waals surface area contributed by atoms with Gasteiger partial charge in [-0.3, -0.25) is 0 Å². The highest BCUT2D eigenvalue weighted by atomic mass is 16.5. The number of nitrogens with one attached hydrogen (secondary N) is 2. The number of amides is 2. The fourth-order valence-corrected chi connectivity index (χ4v) is 2.55. The molecule has 1 atom stereocenters. The van der Waals surface area contributed by atoms with Gasteiger partial charge in [0.05, 0.1) is 6.04 Å². The quantitative estimate of drug-likeness (QED) is 0.875. The maximum Gasteiger partial charge on any atom is 0.315 e. The first-order chi connectivity index (χ1) is 9.67. The summed E-state index contributed by atoms with van der Waals surface area (Å²) in [7, 11) is 1.62. The molecule has 0 radical (unpaired) electrons. The van der Waals surface area contributed by atoms with E-state index in [-0.39, 0.29) is 12.1 Å². The van der Waals surface area contributed by atoms with Crippen LogP contribution in [0.25, 0.3) is 11.4 Å². The van der Waals surface area contributed by atoms with Crippen LogP contribution in [-0.2, 0) is 6.42 Å². The lowest BCUT2D eigenvalue weighted by Crippen LogP contribution is -2.34. The topological polar surface area (TPSA) is 80.0 Å². The number of hydrogen-bond acceptors (Lipinski definition) is 4. The molecule has 1 aromatic carbocycles. The van der Waals surface area contributed by atoms with Crippen molar-refractivity contribution in [3.05, 3.63) is 35.2 Å². The van der Waals surface area contributed by atoms with E-state index in [9.17, 15) is 4.79 Å². The first-order valence-electron chi connectivity index (χ1n) is 6.59. The Bertz CT molecular complexity index is 650. The molecule has 20 heavy (non-hydrogen) atoms. The van der Waals surface area contributed by atoms with Gasteiger partial charge in [-0.05, 0) is 30.0 Å². The molecule has 1 aliphatic carbocycles. The van der Waals surface area contributed by atoms with Crippen LogP contribution in [0.3, 0.4) is 0 Å². The molecule has 1 unspecified atom stereocenters. The predicted octanol–water partition coefficient (Wildman–Crippen LogP) is 1.96. The van der Waals surface area contributed by atoms with E-state index < -0.39 is 0 Å². The number of urea groups is 1. The van der Waals surface area contributed by atoms with Crippen LogP contribution in [0.1, 0.15) is 29.5 Å². The standard InChI is InChI=1S/C14H16N4O2/c1-8-16-13(18-20-8)10-3-5-11-9(7-10)4-6-12(11)17-14(19)15-2/h3,5,7,12H,4,6H2,1-2H3,(H2,15,17,19). The maximum absolute atomic E-state index is 11.4. The molecule has 2 amide bonds. The van der Waals surface area contributed by atoms with Crippen molar-refractivity contribution in [2.45, 2.75) is 25.8 Å². The van der Waals surface area contributed by atoms with Crippen LogP contribution >= 0.6 is 0 Å². The lowest BCUT2D eigenvalue weighted by molar-refractivity contribution is 0.239. The second-order valence-electron chi connectivity index (χ2n) is 4.87. The number of aryl methyl sites for hydroxylation is 2. The van der Waals surface area contributed by atoms with E-state index >= 15 is 0 Å². The molecule has 104 valence electrons. The molecule has 6 heteroatoms. The Morgan fingerprint density at radius 2 is 2.30 bits per heavy atom. The second-order valence-corrected chi connectivity index (χ2v) is 4.87. The molecular weight excluding hydrogens is 256 g/mol. The van der Waals surface area contributed by atoms with Crippen molar-refractivity contribution >= 4 is 6.03 Å². The smallest absolute Gasteiger partial charge is 0.315 e. The van der Waals surface area contributed by atoms with Gasteiger partial charge < -0.3 is 15.2 Å². The van der Waals surface area contributed by atoms with E-state index in [1.54, 1.807) is 14.0 Å². The monoisotopic (exact) mass is 272 g/mol. The molecule has 1 aromatic heterocycles. The molecule has 1 aliphatic rings. The van der Waals surface area contributed by atoms with Crippen LogP contribution in [0, 0.1) is 6.92 Å². The van der Waals surface area contributed by atoms with Crippen LogP contribution in [0.5, 0.6) is 0 Å². The van der Waals surface area contributed by atoms with Gasteiger partial charge in [-0.25, -0.2) is 4.79 Å². The molecule has 0 bridgehead atoms. The highest BCUT2D eigenvalue weighted by Gasteiger charge is 2.24. The van der Waals surface area contributed by atoms with Crippen molar-refractivity contribution in [2.24, 2.45) is 0 Å². The summed E-state index contributed by atoms with van der Waals surface area (Å²) in [5, 5.41) is 9.45. The van der Waals surface area contributed by atoms with Crippen molar-refractivity contribution in [3.63, 3.8) is 0 Å². The van der Waals surface area contributed by atoms with Crippen LogP contribution in [0.2, 0.25) is 0 Å². The molecule has 0 fully saturated rings. The number of fused-ring (bicyclic) bond motifs is 1. The Morgan fingerprint density at radius 3 is 3.00 bits per heavy atom. The van der Waals surface area contributed by atoms with E-state index in [1.807, 2.05) is 12.1 Å². The number of carbonyl (C=O) groups is 1. The van der Waals surface area contributed by atoms with Crippen LogP contribution < -0.4 is 10.6 Å². The number of rotatable bonds is 2. The van der Waals surface area contributed by atoms with Crippen molar-refractivity contribution in [3.8, 4) is 11.4 Å². The van der Waals surface area contributed by atoms with E-state index in [4.69, 9.17) is 4.52 Å². The summed E-state index contributed by atoms with van der Waals surface area (Å²) in [6.07, 6.45) is 1.85. The maximum atomic E-state index is 11.4. The third kappa shape index (κ3) is 2.24. The number of aromatic nitrogens is 2. The fraction of sp³-hybridized carbons (Fsp3) is 0.357. The number of benzene rings is 1. The average Bonchev–Trinajstić information content (AvgIpc) is 3.05. The van der Waals surface area contributed by atoms with Gasteiger partial charge in [0, 0.05) is 19.5 Å². The number of hydrogen-bond donors (Lipinski definition) is 2. The molecule has 2 N–H and O–H groups in total. The lowest BCUT2D eigenvalue weighted by Gasteiger charge is -2.13. The minimum absolute atomic E-state index is 0.0750. The van der Waals surface area contributed by atoms with Gasteiger partial charge in [0.1, 0.15) is 0 Å². The Morgan fingerprint density at radius 1 is 1.45 bits per heavy atom. The van der Waals surface area contributed by atoms with Gasteiger partial charge in [0.25, 0.3) is 0 Å². The van der Waals surface area contributed by atoms with E-state index in [0.717, 1.165) is 24.0 Å². The summed E-state index contributed by atoms with van der Waals surface area (Å²) in [5.41, 5.74) is 3.34. The molecular formula is C14H16N4O2. The Labute approximate surface area is 116 Å². The van der Waals surface area contributed by atoms with Crippen LogP contribution in [-0.4, -0.2) is 23.2 Å². The fourth-order valence-electron chi connectivity index (χ4n) is 2.55. The Hall–Kier alpha value is -2.37. The highest BCUT2D eigenvalue weighted by Crippen LogP contribution is 2.33. The normalized spacial score (nSPS) is 16.8. The van der Waals surface area contributed by atoms with Gasteiger partial charge in [-0.2, -0.15) is 4.98 Å². The summed E-state index contributed by atoms with van der Waals surface area (Å²) < 4.78 is 5.00. The first kappa shape index (κ1) is 12.7. The molecule has 0 saturated heterocycles. The number of carbonyl (C=O) groups excluding carboxylic acids is 1. The van der Waals surface area contributed by atoms with Gasteiger partial charge in [-0.1, -0.05) is 17.3 Å². The van der Waals surface area contributed by atoms with Gasteiger partial charge in [-0.15, -0.1) is 0 Å². The highest BCUT2D eigenvalue weighted by molar-refractivity contribution is 5.74. The molecule has 0 saturated carbocycles. The zero-order valence-corrected chi connectivity index (χ0v) is 11.4. The lowest BCUT2D eigenvalue weighted by atomic mass is 10.0. The number of nitrogens with zero attached hydrogens (tertiary/aromatic N) is 2. The van der Waals surface area contributed by atoms with Gasteiger partial charge in [0.15, 0.2) is 0 Å². The summed E-state index contributed by atoms with van der Waals surface area (Å²) in [6.45, 7) is 1.77. The molecule has 0 spiro atoms. The van der Waals surface area contributed by atoms with Crippen LogP contribution in [0.15, 0.2) is 22.7 Å². The minimum atomic E-state index is -0.152. The zero-order chi connectivity index (χ0) is 14.1. The predicted molar refractivity (Wildman–Crippen MR) is 73.1 cm³/mol. The van der Waals surface area contributed by atoms with E-state index in [0.29, 0.717) is 11.7 Å². The van der Waals surface area contributed by atoms with Crippen LogP contribution in [0.4, 0.5) is 4.79 Å². The first-order valence-corrected chi connectivity index (χ1v) is 6.59. The third-order valence-electron chi connectivity index (χ3n) is 3.54. The largest absolute Gasteiger partial charge is 0.341 e. The molecule has 0 aliphatic heterocycles. The van der Waals surface area contributed by atoms with E-state index in [1.165, 1.54) is 5.56 Å². The summed E-state index contributed by atoms with van der Waals surface area (Å²) in [4.78, 5) is 15.6. The molecule has 2 aromatic rings. The van der Waals surface area contributed by atoms with Crippen molar-refractivity contribution in [1.82, 2.24) is 20.8 Å². The SMILES string of the molecule is CNC(=O)NC1CCc2cc(-c3noc(C)n3)ccc21. The van der Waals surface area contributed by atoms with Crippen molar-refractivity contribution in [1.29, 1.82) is 0 Å². The average molecular weight is 272 g/mol. The van der Waals surface area contributed by atoms with Crippen molar-refractivity contribution < 1.29 is 9.32 Å². The Kier molecular flexibility index (Phi) is 3.14. The van der Waals surface area contributed by atoms with E-state index in [2.05, 4.69) is 26.8 Å². The summed E-state index contributed by atoms with van der Waals surface area (Å²) >= 11 is 0. The second kappa shape index (κ2) is 4.96. The van der Waals surface area contributed by atoms with Gasteiger partial charge >= 0.3 is 6.03 Å². The zero-order valence-electron chi connectivity index (χ0n) is 11.4. The minimum Gasteiger partial charge on any atom is -0.341 e. The summed E-state index contributed by atoms with van der Waals surface area (Å²) in [5.74, 6) is 1.16. The molecule has 6 nitrogen and oxygen atoms in total. The summed E-state index contributed by atoms with van der Waals surface area (Å²) in [6, 6.07) is 5.99. The Balaban J connectivity index is 1.86. The van der Waals surface area contributed by atoms with Gasteiger partial charge in [0.2, 0.25) is 11.7 Å².